The Morgan fingerprint density at radius 1 is 1.78 bits per heavy atom. The Kier molecular flexibility index (Phi) is 3.63. The number of aromatic nitrogens is 3. The Bertz CT molecular complexity index is 433. The third kappa shape index (κ3) is 2.51. The molecule has 3 N–H and O–H groups in total. The number of nitrogens with one attached hydrogen (secondary N) is 1. The number of carbonyl (C=O) groups is 1. The van der Waals surface area contributed by atoms with Gasteiger partial charge in [0.15, 0.2) is 5.82 Å². The van der Waals surface area contributed by atoms with Crippen LogP contribution in [-0.2, 0) is 23.0 Å². The molecule has 1 fully saturated rings. The molecule has 2 atom stereocenters. The molecule has 2 unspecified atom stereocenters. The minimum Gasteiger partial charge on any atom is -0.379 e. The van der Waals surface area contributed by atoms with Gasteiger partial charge in [-0.3, -0.25) is 9.48 Å². The minimum absolute atomic E-state index is 0.0663. The smallest absolute Gasteiger partial charge is 0.229 e. The van der Waals surface area contributed by atoms with E-state index >= 15 is 0 Å². The van der Waals surface area contributed by atoms with E-state index in [0.717, 1.165) is 5.82 Å². The molecule has 7 nitrogen and oxygen atoms in total. The van der Waals surface area contributed by atoms with Crippen LogP contribution in [0.4, 0.5) is 0 Å². The number of nitrogens with two attached hydrogens (primary N) is 1. The predicted molar refractivity (Wildman–Crippen MR) is 64.6 cm³/mol. The maximum atomic E-state index is 12.1. The number of ether oxygens (including phenoxy) is 1. The average Bonchev–Trinajstić information content (AvgIpc) is 2.88. The largest absolute Gasteiger partial charge is 0.379 e. The molecule has 0 aromatic carbocycles. The van der Waals surface area contributed by atoms with Crippen molar-refractivity contribution in [3.63, 3.8) is 0 Å². The first-order valence-electron chi connectivity index (χ1n) is 5.98. The van der Waals surface area contributed by atoms with Gasteiger partial charge in [0.25, 0.3) is 0 Å². The predicted octanol–water partition coefficient (Wildman–Crippen LogP) is -1.16. The van der Waals surface area contributed by atoms with Crippen molar-refractivity contribution in [1.29, 1.82) is 0 Å². The van der Waals surface area contributed by atoms with E-state index in [1.165, 1.54) is 0 Å². The fourth-order valence-corrected chi connectivity index (χ4v) is 1.91. The summed E-state index contributed by atoms with van der Waals surface area (Å²) in [6, 6.07) is -0.245. The fraction of sp³-hybridized carbons (Fsp3) is 0.727. The third-order valence-corrected chi connectivity index (χ3v) is 3.32. The Labute approximate surface area is 106 Å². The van der Waals surface area contributed by atoms with Crippen molar-refractivity contribution in [3.8, 4) is 0 Å². The second kappa shape index (κ2) is 5.03. The van der Waals surface area contributed by atoms with Gasteiger partial charge in [0.2, 0.25) is 5.91 Å². The topological polar surface area (TPSA) is 95.1 Å². The molecule has 0 saturated carbocycles. The van der Waals surface area contributed by atoms with E-state index in [4.69, 9.17) is 10.5 Å². The van der Waals surface area contributed by atoms with E-state index in [-0.39, 0.29) is 11.9 Å². The van der Waals surface area contributed by atoms with Crippen molar-refractivity contribution in [3.05, 3.63) is 12.2 Å². The van der Waals surface area contributed by atoms with Crippen LogP contribution in [0.25, 0.3) is 0 Å². The molecule has 0 radical (unpaired) electrons. The molecule has 100 valence electrons. The van der Waals surface area contributed by atoms with E-state index in [1.54, 1.807) is 11.0 Å². The van der Waals surface area contributed by atoms with Crippen molar-refractivity contribution in [2.75, 3.05) is 19.8 Å². The number of hydrogen-bond acceptors (Lipinski definition) is 5. The molecule has 0 bridgehead atoms. The molecule has 1 aliphatic heterocycles. The van der Waals surface area contributed by atoms with Crippen LogP contribution >= 0.6 is 0 Å². The van der Waals surface area contributed by atoms with E-state index in [2.05, 4.69) is 15.4 Å². The van der Waals surface area contributed by atoms with E-state index in [9.17, 15) is 4.79 Å². The van der Waals surface area contributed by atoms with Crippen LogP contribution in [0.1, 0.15) is 12.7 Å². The fourth-order valence-electron chi connectivity index (χ4n) is 1.91. The Morgan fingerprint density at radius 3 is 3.11 bits per heavy atom. The van der Waals surface area contributed by atoms with Crippen LogP contribution in [-0.4, -0.2) is 46.5 Å². The quantitative estimate of drug-likeness (QED) is 0.705. The molecule has 7 heteroatoms. The molecule has 1 saturated heterocycles. The van der Waals surface area contributed by atoms with E-state index in [0.29, 0.717) is 26.2 Å². The molecular formula is C11H19N5O2. The normalized spacial score (nSPS) is 27.4. The van der Waals surface area contributed by atoms with Gasteiger partial charge in [-0.15, -0.1) is 0 Å². The third-order valence-electron chi connectivity index (χ3n) is 3.32. The summed E-state index contributed by atoms with van der Waals surface area (Å²) in [5.41, 5.74) is 5.26. The highest BCUT2D eigenvalue weighted by molar-refractivity contribution is 5.83. The van der Waals surface area contributed by atoms with Crippen molar-refractivity contribution < 1.29 is 9.53 Å². The van der Waals surface area contributed by atoms with Crippen LogP contribution in [0.15, 0.2) is 6.33 Å². The zero-order chi connectivity index (χ0) is 13.2. The highest BCUT2D eigenvalue weighted by Crippen LogP contribution is 2.26. The minimum atomic E-state index is -0.627. The summed E-state index contributed by atoms with van der Waals surface area (Å²) in [4.78, 5) is 16.1. The summed E-state index contributed by atoms with van der Waals surface area (Å²) in [7, 11) is 1.81. The van der Waals surface area contributed by atoms with Gasteiger partial charge in [-0.2, -0.15) is 5.10 Å². The number of hydrogen-bond donors (Lipinski definition) is 2. The molecule has 1 amide bonds. The maximum absolute atomic E-state index is 12.1. The van der Waals surface area contributed by atoms with Gasteiger partial charge in [0.05, 0.1) is 18.6 Å². The Hall–Kier alpha value is -1.47. The number of nitrogens with zero attached hydrogens (tertiary/aromatic N) is 3. The highest BCUT2D eigenvalue weighted by Gasteiger charge is 2.44. The average molecular weight is 253 g/mol. The Balaban J connectivity index is 1.81. The summed E-state index contributed by atoms with van der Waals surface area (Å²) < 4.78 is 6.89. The first-order chi connectivity index (χ1) is 8.52. The van der Waals surface area contributed by atoms with Crippen molar-refractivity contribution in [1.82, 2.24) is 20.1 Å². The summed E-state index contributed by atoms with van der Waals surface area (Å²) in [6.45, 7) is 3.15. The van der Waals surface area contributed by atoms with Crippen LogP contribution in [0.5, 0.6) is 0 Å². The summed E-state index contributed by atoms with van der Waals surface area (Å²) in [5.74, 6) is 0.651. The van der Waals surface area contributed by atoms with Crippen LogP contribution < -0.4 is 11.1 Å². The molecule has 2 heterocycles. The monoisotopic (exact) mass is 253 g/mol. The van der Waals surface area contributed by atoms with Crippen molar-refractivity contribution >= 4 is 5.91 Å². The lowest BCUT2D eigenvalue weighted by Gasteiger charge is -2.25. The van der Waals surface area contributed by atoms with Gasteiger partial charge < -0.3 is 15.8 Å². The summed E-state index contributed by atoms with van der Waals surface area (Å²) in [6.07, 6.45) is 2.25. The van der Waals surface area contributed by atoms with Crippen LogP contribution in [0.2, 0.25) is 0 Å². The summed E-state index contributed by atoms with van der Waals surface area (Å²) in [5, 5.41) is 7.01. The number of amides is 1. The highest BCUT2D eigenvalue weighted by atomic mass is 16.5. The number of rotatable bonds is 4. The van der Waals surface area contributed by atoms with Crippen LogP contribution in [0.3, 0.4) is 0 Å². The van der Waals surface area contributed by atoms with Gasteiger partial charge in [-0.05, 0) is 6.92 Å². The van der Waals surface area contributed by atoms with Gasteiger partial charge in [0, 0.05) is 26.1 Å². The number of aryl methyl sites for hydroxylation is 1. The lowest BCUT2D eigenvalue weighted by molar-refractivity contribution is -0.130. The lowest BCUT2D eigenvalue weighted by atomic mass is 9.85. The van der Waals surface area contributed by atoms with Crippen molar-refractivity contribution in [2.45, 2.75) is 19.4 Å². The van der Waals surface area contributed by atoms with Gasteiger partial charge in [-0.1, -0.05) is 0 Å². The van der Waals surface area contributed by atoms with E-state index in [1.807, 2.05) is 14.0 Å². The second-order valence-electron chi connectivity index (χ2n) is 4.88. The lowest BCUT2D eigenvalue weighted by Crippen LogP contribution is -2.50. The first-order valence-corrected chi connectivity index (χ1v) is 5.98. The zero-order valence-corrected chi connectivity index (χ0v) is 10.7. The first kappa shape index (κ1) is 13.0. The van der Waals surface area contributed by atoms with Gasteiger partial charge >= 0.3 is 0 Å². The molecule has 2 rings (SSSR count). The molecule has 18 heavy (non-hydrogen) atoms. The standard InChI is InChI=1S/C11H19N5O2/c1-11(6-18-5-8(11)12)10(17)13-4-3-9-14-7-16(2)15-9/h7-8H,3-6,12H2,1-2H3,(H,13,17). The summed E-state index contributed by atoms with van der Waals surface area (Å²) >= 11 is 0. The Morgan fingerprint density at radius 2 is 2.56 bits per heavy atom. The molecule has 1 aromatic rings. The maximum Gasteiger partial charge on any atom is 0.229 e. The molecule has 0 aliphatic carbocycles. The molecule has 1 aliphatic rings. The SMILES string of the molecule is Cn1cnc(CCNC(=O)C2(C)COCC2N)n1. The molecule has 0 spiro atoms. The van der Waals surface area contributed by atoms with Crippen molar-refractivity contribution in [2.24, 2.45) is 18.2 Å². The number of carbonyl (C=O) groups excluding carboxylic acids is 1. The van der Waals surface area contributed by atoms with Crippen LogP contribution in [0, 0.1) is 5.41 Å². The molecular weight excluding hydrogens is 234 g/mol. The van der Waals surface area contributed by atoms with E-state index < -0.39 is 5.41 Å². The second-order valence-corrected chi connectivity index (χ2v) is 4.88. The van der Waals surface area contributed by atoms with Gasteiger partial charge in [-0.25, -0.2) is 4.98 Å². The molecule has 1 aromatic heterocycles. The van der Waals surface area contributed by atoms with Gasteiger partial charge in [0.1, 0.15) is 6.33 Å². The zero-order valence-electron chi connectivity index (χ0n) is 10.7.